The van der Waals surface area contributed by atoms with Crippen LogP contribution in [0.25, 0.3) is 0 Å². The summed E-state index contributed by atoms with van der Waals surface area (Å²) in [4.78, 5) is 2.35. The van der Waals surface area contributed by atoms with Crippen LogP contribution in [0.15, 0.2) is 0 Å². The molecular weight excluding hydrogens is 192 g/mol. The molecule has 4 heteroatoms. The van der Waals surface area contributed by atoms with E-state index in [4.69, 9.17) is 15.2 Å². The molecule has 0 radical (unpaired) electrons. The van der Waals surface area contributed by atoms with Gasteiger partial charge in [-0.05, 0) is 33.4 Å². The van der Waals surface area contributed by atoms with Crippen molar-refractivity contribution < 1.29 is 9.47 Å². The Labute approximate surface area is 91.7 Å². The Hall–Kier alpha value is -0.160. The van der Waals surface area contributed by atoms with Gasteiger partial charge in [0.25, 0.3) is 0 Å². The topological polar surface area (TPSA) is 47.7 Å². The molecule has 0 bridgehead atoms. The van der Waals surface area contributed by atoms with Gasteiger partial charge in [0.1, 0.15) is 0 Å². The number of hydrogen-bond acceptors (Lipinski definition) is 4. The molecule has 2 aliphatic heterocycles. The first-order valence-electron chi connectivity index (χ1n) is 5.84. The molecule has 2 fully saturated rings. The fourth-order valence-corrected chi connectivity index (χ4v) is 2.58. The molecule has 4 nitrogen and oxygen atoms in total. The zero-order valence-corrected chi connectivity index (χ0v) is 9.74. The lowest BCUT2D eigenvalue weighted by Gasteiger charge is -2.38. The highest BCUT2D eigenvalue weighted by Crippen LogP contribution is 2.35. The zero-order valence-electron chi connectivity index (χ0n) is 9.74. The molecule has 2 rings (SSSR count). The Kier molecular flexibility index (Phi) is 3.30. The SMILES string of the molecule is CN1CCCC(C2(C)OCC(CN)O2)C1. The predicted molar refractivity (Wildman–Crippen MR) is 58.5 cm³/mol. The van der Waals surface area contributed by atoms with Crippen LogP contribution in [0.4, 0.5) is 0 Å². The van der Waals surface area contributed by atoms with Crippen molar-refractivity contribution in [3.63, 3.8) is 0 Å². The van der Waals surface area contributed by atoms with Gasteiger partial charge in [0.05, 0.1) is 12.7 Å². The second-order valence-electron chi connectivity index (χ2n) is 4.90. The monoisotopic (exact) mass is 214 g/mol. The Morgan fingerprint density at radius 3 is 2.93 bits per heavy atom. The third-order valence-electron chi connectivity index (χ3n) is 3.59. The van der Waals surface area contributed by atoms with Crippen LogP contribution in [-0.2, 0) is 9.47 Å². The Morgan fingerprint density at radius 1 is 1.53 bits per heavy atom. The molecule has 0 aromatic heterocycles. The standard InChI is InChI=1S/C11H22N2O2/c1-11(14-8-10(6-12)15-11)9-4-3-5-13(2)7-9/h9-10H,3-8,12H2,1-2H3. The highest BCUT2D eigenvalue weighted by molar-refractivity contribution is 4.86. The van der Waals surface area contributed by atoms with Crippen molar-refractivity contribution in [3.05, 3.63) is 0 Å². The summed E-state index contributed by atoms with van der Waals surface area (Å²) in [7, 11) is 2.16. The first-order chi connectivity index (χ1) is 7.14. The highest BCUT2D eigenvalue weighted by atomic mass is 16.7. The first-order valence-corrected chi connectivity index (χ1v) is 5.84. The lowest BCUT2D eigenvalue weighted by molar-refractivity contribution is -0.199. The molecule has 0 aliphatic carbocycles. The summed E-state index contributed by atoms with van der Waals surface area (Å²) < 4.78 is 11.7. The molecule has 2 N–H and O–H groups in total. The molecule has 2 aliphatic rings. The number of rotatable bonds is 2. The van der Waals surface area contributed by atoms with Crippen molar-refractivity contribution in [2.45, 2.75) is 31.7 Å². The van der Waals surface area contributed by atoms with Gasteiger partial charge in [-0.2, -0.15) is 0 Å². The molecule has 0 saturated carbocycles. The van der Waals surface area contributed by atoms with E-state index in [2.05, 4.69) is 18.9 Å². The van der Waals surface area contributed by atoms with Gasteiger partial charge in [-0.3, -0.25) is 0 Å². The third kappa shape index (κ3) is 2.33. The fraction of sp³-hybridized carbons (Fsp3) is 1.00. The maximum atomic E-state index is 5.91. The molecule has 0 amide bonds. The molecule has 0 aromatic rings. The van der Waals surface area contributed by atoms with E-state index in [0.29, 0.717) is 19.1 Å². The van der Waals surface area contributed by atoms with E-state index < -0.39 is 5.79 Å². The van der Waals surface area contributed by atoms with Gasteiger partial charge in [0.15, 0.2) is 5.79 Å². The van der Waals surface area contributed by atoms with E-state index >= 15 is 0 Å². The molecule has 88 valence electrons. The molecule has 2 saturated heterocycles. The van der Waals surface area contributed by atoms with Gasteiger partial charge < -0.3 is 20.1 Å². The predicted octanol–water partition coefficient (Wildman–Crippen LogP) is 0.419. The second kappa shape index (κ2) is 4.37. The van der Waals surface area contributed by atoms with Crippen molar-refractivity contribution in [2.75, 3.05) is 33.3 Å². The minimum absolute atomic E-state index is 0.0854. The van der Waals surface area contributed by atoms with Crippen molar-refractivity contribution in [1.82, 2.24) is 4.90 Å². The number of likely N-dealkylation sites (tertiary alicyclic amines) is 1. The molecule has 0 aromatic carbocycles. The van der Waals surface area contributed by atoms with Crippen molar-refractivity contribution in [1.29, 1.82) is 0 Å². The quantitative estimate of drug-likeness (QED) is 0.723. The van der Waals surface area contributed by atoms with Crippen molar-refractivity contribution in [2.24, 2.45) is 11.7 Å². The minimum Gasteiger partial charge on any atom is -0.347 e. The number of piperidine rings is 1. The van der Waals surface area contributed by atoms with Gasteiger partial charge in [-0.15, -0.1) is 0 Å². The van der Waals surface area contributed by atoms with E-state index in [9.17, 15) is 0 Å². The van der Waals surface area contributed by atoms with Gasteiger partial charge in [-0.25, -0.2) is 0 Å². The van der Waals surface area contributed by atoms with Gasteiger partial charge >= 0.3 is 0 Å². The van der Waals surface area contributed by atoms with Crippen LogP contribution in [0.2, 0.25) is 0 Å². The lowest BCUT2D eigenvalue weighted by Crippen LogP contribution is -2.46. The van der Waals surface area contributed by atoms with Gasteiger partial charge in [0.2, 0.25) is 0 Å². The van der Waals surface area contributed by atoms with E-state index in [0.717, 1.165) is 6.54 Å². The van der Waals surface area contributed by atoms with Crippen molar-refractivity contribution in [3.8, 4) is 0 Å². The van der Waals surface area contributed by atoms with E-state index in [1.165, 1.54) is 19.4 Å². The highest BCUT2D eigenvalue weighted by Gasteiger charge is 2.44. The maximum Gasteiger partial charge on any atom is 0.170 e. The van der Waals surface area contributed by atoms with Crippen LogP contribution in [-0.4, -0.2) is 50.1 Å². The average Bonchev–Trinajstić information content (AvgIpc) is 2.62. The third-order valence-corrected chi connectivity index (χ3v) is 3.59. The average molecular weight is 214 g/mol. The molecule has 2 heterocycles. The summed E-state index contributed by atoms with van der Waals surface area (Å²) in [5.74, 6) is 0.0754. The largest absolute Gasteiger partial charge is 0.347 e. The van der Waals surface area contributed by atoms with Crippen LogP contribution in [0.1, 0.15) is 19.8 Å². The van der Waals surface area contributed by atoms with Crippen LogP contribution in [0.5, 0.6) is 0 Å². The number of nitrogens with two attached hydrogens (primary N) is 1. The van der Waals surface area contributed by atoms with E-state index in [1.807, 2.05) is 0 Å². The van der Waals surface area contributed by atoms with Gasteiger partial charge in [0, 0.05) is 19.0 Å². The molecule has 3 atom stereocenters. The fourth-order valence-electron chi connectivity index (χ4n) is 2.58. The summed E-state index contributed by atoms with van der Waals surface area (Å²) in [6.45, 7) is 5.51. The second-order valence-corrected chi connectivity index (χ2v) is 4.90. The van der Waals surface area contributed by atoms with Gasteiger partial charge in [-0.1, -0.05) is 0 Å². The normalized spacial score (nSPS) is 43.4. The minimum atomic E-state index is -0.404. The molecule has 15 heavy (non-hydrogen) atoms. The summed E-state index contributed by atoms with van der Waals surface area (Å²) in [6, 6.07) is 0. The van der Waals surface area contributed by atoms with E-state index in [-0.39, 0.29) is 6.10 Å². The van der Waals surface area contributed by atoms with Crippen LogP contribution in [0, 0.1) is 5.92 Å². The number of nitrogens with zero attached hydrogens (tertiary/aromatic N) is 1. The molecular formula is C11H22N2O2. The Morgan fingerprint density at radius 2 is 2.33 bits per heavy atom. The Bertz CT molecular complexity index is 225. The number of hydrogen-bond donors (Lipinski definition) is 1. The van der Waals surface area contributed by atoms with Crippen LogP contribution < -0.4 is 5.73 Å². The smallest absolute Gasteiger partial charge is 0.170 e. The summed E-state index contributed by atoms with van der Waals surface area (Å²) in [6.07, 6.45) is 2.51. The first kappa shape index (κ1) is 11.3. The molecule has 0 spiro atoms. The molecule has 3 unspecified atom stereocenters. The summed E-state index contributed by atoms with van der Waals surface area (Å²) in [5.41, 5.74) is 5.60. The van der Waals surface area contributed by atoms with Crippen LogP contribution in [0.3, 0.4) is 0 Å². The van der Waals surface area contributed by atoms with E-state index in [1.54, 1.807) is 0 Å². The zero-order chi connectivity index (χ0) is 10.9. The maximum absolute atomic E-state index is 5.91. The Balaban J connectivity index is 1.96. The van der Waals surface area contributed by atoms with Crippen molar-refractivity contribution >= 4 is 0 Å². The number of ether oxygens (including phenoxy) is 2. The summed E-state index contributed by atoms with van der Waals surface area (Å²) >= 11 is 0. The lowest BCUT2D eigenvalue weighted by atomic mass is 9.91. The summed E-state index contributed by atoms with van der Waals surface area (Å²) in [5, 5.41) is 0. The van der Waals surface area contributed by atoms with Crippen LogP contribution >= 0.6 is 0 Å².